The molecule has 4 aromatic carbocycles. The van der Waals surface area contributed by atoms with Crippen LogP contribution in [0.4, 0.5) is 10.1 Å². The largest absolute Gasteiger partial charge is 0.395 e. The first kappa shape index (κ1) is 29.0. The quantitative estimate of drug-likeness (QED) is 0.220. The molecule has 1 aromatic heterocycles. The number of nitrogens with one attached hydrogen (secondary N) is 2. The van der Waals surface area contributed by atoms with Crippen molar-refractivity contribution in [3.63, 3.8) is 0 Å². The van der Waals surface area contributed by atoms with Crippen molar-refractivity contribution in [3.8, 4) is 11.1 Å². The highest BCUT2D eigenvalue weighted by molar-refractivity contribution is 6.20. The molecule has 0 atom stereocenters. The minimum atomic E-state index is -0.581. The zero-order valence-electron chi connectivity index (χ0n) is 24.2. The van der Waals surface area contributed by atoms with Crippen LogP contribution in [-0.2, 0) is 0 Å². The molecule has 5 aromatic rings. The first-order valence-electron chi connectivity index (χ1n) is 14.4. The van der Waals surface area contributed by atoms with E-state index >= 15 is 0 Å². The van der Waals surface area contributed by atoms with E-state index < -0.39 is 11.7 Å². The predicted molar refractivity (Wildman–Crippen MR) is 168 cm³/mol. The number of primary amides is 1. The average molecular weight is 594 g/mol. The van der Waals surface area contributed by atoms with E-state index in [1.165, 1.54) is 24.3 Å². The van der Waals surface area contributed by atoms with Gasteiger partial charge in [-0.05, 0) is 72.1 Å². The smallest absolute Gasteiger partial charge is 0.255 e. The molecule has 44 heavy (non-hydrogen) atoms. The number of aliphatic hydroxyl groups is 1. The minimum absolute atomic E-state index is 0.0787. The molecule has 5 N–H and O–H groups in total. The first-order valence-corrected chi connectivity index (χ1v) is 14.4. The molecule has 1 fully saturated rings. The highest BCUT2D eigenvalue weighted by Gasteiger charge is 2.24. The lowest BCUT2D eigenvalue weighted by Gasteiger charge is -2.34. The Morgan fingerprint density at radius 3 is 2.36 bits per heavy atom. The van der Waals surface area contributed by atoms with Gasteiger partial charge in [-0.1, -0.05) is 24.3 Å². The summed E-state index contributed by atoms with van der Waals surface area (Å²) in [6.07, 6.45) is 0. The van der Waals surface area contributed by atoms with E-state index in [0.717, 1.165) is 27.5 Å². The molecule has 6 rings (SSSR count). The number of H-pyrrole nitrogens is 1. The predicted octanol–water partition coefficient (Wildman–Crippen LogP) is 4.54. The number of carbonyl (C=O) groups is 3. The van der Waals surface area contributed by atoms with Crippen molar-refractivity contribution < 1.29 is 23.9 Å². The van der Waals surface area contributed by atoms with Crippen LogP contribution in [-0.4, -0.2) is 76.9 Å². The van der Waals surface area contributed by atoms with E-state index in [4.69, 9.17) is 5.73 Å². The number of fused-ring (bicyclic) bond motifs is 3. The third-order valence-corrected chi connectivity index (χ3v) is 8.32. The Kier molecular flexibility index (Phi) is 7.86. The number of nitrogens with two attached hydrogens (primary N) is 1. The number of β-amino-alcohol motifs (C(OH)–C–C–N with tert-alkyl or cyclic N) is 1. The number of amides is 3. The average Bonchev–Trinajstić information content (AvgIpc) is 3.41. The Labute approximate surface area is 253 Å². The van der Waals surface area contributed by atoms with Crippen LogP contribution in [0.15, 0.2) is 72.8 Å². The third kappa shape index (κ3) is 5.41. The zero-order valence-corrected chi connectivity index (χ0v) is 24.2. The molecule has 1 aliphatic heterocycles. The third-order valence-electron chi connectivity index (χ3n) is 8.32. The second kappa shape index (κ2) is 11.9. The van der Waals surface area contributed by atoms with Crippen molar-refractivity contribution in [2.75, 3.05) is 44.6 Å². The SMILES string of the molecule is Cc1c(NC(=O)c2ccc(F)cc2)cccc1-c1ccc(C(N)=O)c2[nH]c3cc(C(=O)N4CCN(CCO)CC4)ccc3c12. The number of hydrogen-bond donors (Lipinski definition) is 4. The Morgan fingerprint density at radius 2 is 1.66 bits per heavy atom. The van der Waals surface area contributed by atoms with Crippen LogP contribution in [0.2, 0.25) is 0 Å². The summed E-state index contributed by atoms with van der Waals surface area (Å²) in [4.78, 5) is 46.0. The first-order chi connectivity index (χ1) is 21.2. The number of piperazine rings is 1. The molecular weight excluding hydrogens is 561 g/mol. The molecular formula is C34H32FN5O4. The highest BCUT2D eigenvalue weighted by atomic mass is 19.1. The van der Waals surface area contributed by atoms with Crippen LogP contribution in [0, 0.1) is 12.7 Å². The number of rotatable bonds is 7. The molecule has 0 unspecified atom stereocenters. The number of aliphatic hydroxyl groups excluding tert-OH is 1. The number of aromatic nitrogens is 1. The van der Waals surface area contributed by atoms with Crippen molar-refractivity contribution in [1.29, 1.82) is 0 Å². The fourth-order valence-corrected chi connectivity index (χ4v) is 5.93. The van der Waals surface area contributed by atoms with Gasteiger partial charge in [0.25, 0.3) is 17.7 Å². The lowest BCUT2D eigenvalue weighted by Crippen LogP contribution is -2.49. The molecule has 0 radical (unpaired) electrons. The maximum atomic E-state index is 13.4. The number of nitrogens with zero attached hydrogens (tertiary/aromatic N) is 2. The monoisotopic (exact) mass is 593 g/mol. The van der Waals surface area contributed by atoms with E-state index in [-0.39, 0.29) is 18.4 Å². The molecule has 0 spiro atoms. The number of halogens is 1. The van der Waals surface area contributed by atoms with Crippen molar-refractivity contribution in [3.05, 3.63) is 101 Å². The molecule has 9 nitrogen and oxygen atoms in total. The van der Waals surface area contributed by atoms with Gasteiger partial charge in [0.1, 0.15) is 5.82 Å². The van der Waals surface area contributed by atoms with Crippen LogP contribution in [0.5, 0.6) is 0 Å². The van der Waals surface area contributed by atoms with Crippen LogP contribution in [0.25, 0.3) is 32.9 Å². The lowest BCUT2D eigenvalue weighted by molar-refractivity contribution is 0.0615. The molecule has 0 saturated carbocycles. The molecule has 3 amide bonds. The Bertz CT molecular complexity index is 1910. The number of benzene rings is 4. The standard InChI is InChI=1S/C34H32FN5O4/c1-20-24(3-2-4-28(20)38-33(43)21-5-8-23(35)9-6-21)25-11-12-27(32(36)42)31-30(25)26-10-7-22(19-29(26)37-31)34(44)40-15-13-39(14-16-40)17-18-41/h2-12,19,37,41H,13-18H2,1H3,(H2,36,42)(H,38,43). The molecule has 10 heteroatoms. The fraction of sp³-hybridized carbons (Fsp3) is 0.206. The van der Waals surface area contributed by atoms with Gasteiger partial charge in [0.15, 0.2) is 0 Å². The van der Waals surface area contributed by atoms with Gasteiger partial charge in [0, 0.05) is 65.8 Å². The molecule has 224 valence electrons. The number of aromatic amines is 1. The summed E-state index contributed by atoms with van der Waals surface area (Å²) in [5.41, 5.74) is 11.3. The Balaban J connectivity index is 1.39. The molecule has 1 aliphatic rings. The molecule has 1 saturated heterocycles. The summed E-state index contributed by atoms with van der Waals surface area (Å²) in [7, 11) is 0. The summed E-state index contributed by atoms with van der Waals surface area (Å²) in [6, 6.07) is 19.9. The van der Waals surface area contributed by atoms with Crippen molar-refractivity contribution >= 4 is 45.2 Å². The van der Waals surface area contributed by atoms with Gasteiger partial charge in [-0.25, -0.2) is 4.39 Å². The lowest BCUT2D eigenvalue weighted by atomic mass is 9.93. The number of carbonyl (C=O) groups excluding carboxylic acids is 3. The van der Waals surface area contributed by atoms with Crippen LogP contribution < -0.4 is 11.1 Å². The van der Waals surface area contributed by atoms with E-state index in [1.807, 2.05) is 36.1 Å². The second-order valence-electron chi connectivity index (χ2n) is 11.0. The van der Waals surface area contributed by atoms with Gasteiger partial charge in [-0.15, -0.1) is 0 Å². The number of anilines is 1. The minimum Gasteiger partial charge on any atom is -0.395 e. The number of hydrogen-bond acceptors (Lipinski definition) is 5. The fourth-order valence-electron chi connectivity index (χ4n) is 5.93. The molecule has 0 aliphatic carbocycles. The topological polar surface area (TPSA) is 132 Å². The van der Waals surface area contributed by atoms with Gasteiger partial charge >= 0.3 is 0 Å². The Hall–Kier alpha value is -5.06. The summed E-state index contributed by atoms with van der Waals surface area (Å²) in [5, 5.41) is 13.7. The summed E-state index contributed by atoms with van der Waals surface area (Å²) in [6.45, 7) is 5.14. The van der Waals surface area contributed by atoms with E-state index in [2.05, 4.69) is 15.2 Å². The molecule has 2 heterocycles. The normalized spacial score (nSPS) is 13.8. The van der Waals surface area contributed by atoms with E-state index in [9.17, 15) is 23.9 Å². The van der Waals surface area contributed by atoms with Gasteiger partial charge in [-0.3, -0.25) is 19.3 Å². The summed E-state index contributed by atoms with van der Waals surface area (Å²) in [5.74, 6) is -1.44. The van der Waals surface area contributed by atoms with E-state index in [1.54, 1.807) is 24.3 Å². The van der Waals surface area contributed by atoms with Crippen LogP contribution in [0.1, 0.15) is 36.6 Å². The van der Waals surface area contributed by atoms with Gasteiger partial charge < -0.3 is 26.0 Å². The summed E-state index contributed by atoms with van der Waals surface area (Å²) < 4.78 is 13.4. The van der Waals surface area contributed by atoms with Crippen molar-refractivity contribution in [2.24, 2.45) is 5.73 Å². The van der Waals surface area contributed by atoms with Gasteiger partial charge in [-0.2, -0.15) is 0 Å². The highest BCUT2D eigenvalue weighted by Crippen LogP contribution is 2.39. The van der Waals surface area contributed by atoms with Crippen LogP contribution in [0.3, 0.4) is 0 Å². The molecule has 0 bridgehead atoms. The maximum absolute atomic E-state index is 13.4. The Morgan fingerprint density at radius 1 is 0.932 bits per heavy atom. The van der Waals surface area contributed by atoms with E-state index in [0.29, 0.717) is 66.1 Å². The van der Waals surface area contributed by atoms with Crippen molar-refractivity contribution in [2.45, 2.75) is 6.92 Å². The second-order valence-corrected chi connectivity index (χ2v) is 11.0. The maximum Gasteiger partial charge on any atom is 0.255 e. The van der Waals surface area contributed by atoms with Gasteiger partial charge in [0.05, 0.1) is 17.7 Å². The van der Waals surface area contributed by atoms with Gasteiger partial charge in [0.2, 0.25) is 0 Å². The van der Waals surface area contributed by atoms with Crippen molar-refractivity contribution in [1.82, 2.24) is 14.8 Å². The summed E-state index contributed by atoms with van der Waals surface area (Å²) >= 11 is 0. The van der Waals surface area contributed by atoms with Crippen LogP contribution >= 0.6 is 0 Å². The zero-order chi connectivity index (χ0) is 31.0.